The Balaban J connectivity index is 2.04. The first kappa shape index (κ1) is 16.1. The maximum absolute atomic E-state index is 11.7. The van der Waals surface area contributed by atoms with Crippen LogP contribution in [0.2, 0.25) is 0 Å². The molecule has 1 fully saturated rings. The average molecular weight is 330 g/mol. The second-order valence-electron chi connectivity index (χ2n) is 8.41. The first-order valence-electron chi connectivity index (χ1n) is 8.73. The Morgan fingerprint density at radius 3 is 2.58 bits per heavy atom. The highest BCUT2D eigenvalue weighted by Crippen LogP contribution is 2.60. The molecule has 2 aliphatic rings. The summed E-state index contributed by atoms with van der Waals surface area (Å²) < 4.78 is 5.62. The summed E-state index contributed by atoms with van der Waals surface area (Å²) in [4.78, 5) is 0. The van der Waals surface area contributed by atoms with E-state index in [1.807, 2.05) is 32.9 Å². The Kier molecular flexibility index (Phi) is 3.11. The average Bonchev–Trinajstić information content (AvgIpc) is 2.99. The first-order valence-corrected chi connectivity index (χ1v) is 8.73. The minimum absolute atomic E-state index is 0.264. The van der Waals surface area contributed by atoms with Crippen molar-refractivity contribution in [3.63, 3.8) is 0 Å². The van der Waals surface area contributed by atoms with Crippen molar-refractivity contribution >= 4 is 11.0 Å². The van der Waals surface area contributed by atoms with E-state index in [2.05, 4.69) is 6.92 Å². The van der Waals surface area contributed by atoms with Crippen molar-refractivity contribution in [2.45, 2.75) is 70.2 Å². The molecule has 0 unspecified atom stereocenters. The molecule has 1 saturated carbocycles. The summed E-state index contributed by atoms with van der Waals surface area (Å²) in [7, 11) is 0. The molecular weight excluding hydrogens is 304 g/mol. The largest absolute Gasteiger partial charge is 0.464 e. The Bertz CT molecular complexity index is 820. The van der Waals surface area contributed by atoms with Crippen LogP contribution in [0.15, 0.2) is 22.8 Å². The van der Waals surface area contributed by atoms with Gasteiger partial charge in [-0.15, -0.1) is 0 Å². The Morgan fingerprint density at radius 2 is 1.88 bits per heavy atom. The minimum atomic E-state index is -1.18. The van der Waals surface area contributed by atoms with Crippen LogP contribution >= 0.6 is 0 Å². The van der Waals surface area contributed by atoms with Gasteiger partial charge in [0.1, 0.15) is 5.58 Å². The number of rotatable bonds is 0. The van der Waals surface area contributed by atoms with Crippen LogP contribution in [0.3, 0.4) is 0 Å². The third-order valence-electron chi connectivity index (χ3n) is 7.32. The van der Waals surface area contributed by atoms with E-state index in [1.54, 1.807) is 6.26 Å². The van der Waals surface area contributed by atoms with Crippen molar-refractivity contribution in [2.75, 3.05) is 0 Å². The van der Waals surface area contributed by atoms with Crippen molar-refractivity contribution in [1.82, 2.24) is 0 Å². The van der Waals surface area contributed by atoms with E-state index >= 15 is 0 Å². The van der Waals surface area contributed by atoms with E-state index in [-0.39, 0.29) is 6.42 Å². The fourth-order valence-corrected chi connectivity index (χ4v) is 5.36. The molecule has 1 aromatic heterocycles. The van der Waals surface area contributed by atoms with Gasteiger partial charge in [0.05, 0.1) is 24.1 Å². The molecule has 130 valence electrons. The Morgan fingerprint density at radius 1 is 1.17 bits per heavy atom. The van der Waals surface area contributed by atoms with Crippen molar-refractivity contribution in [2.24, 2.45) is 5.41 Å². The van der Waals surface area contributed by atoms with Gasteiger partial charge in [-0.25, -0.2) is 0 Å². The van der Waals surface area contributed by atoms with Crippen LogP contribution in [0.5, 0.6) is 0 Å². The van der Waals surface area contributed by atoms with Crippen LogP contribution in [0.4, 0.5) is 0 Å². The molecular formula is C20H26O4. The summed E-state index contributed by atoms with van der Waals surface area (Å²) in [6.07, 6.45) is 1.67. The van der Waals surface area contributed by atoms with Crippen LogP contribution in [-0.4, -0.2) is 33.1 Å². The summed E-state index contributed by atoms with van der Waals surface area (Å²) in [5.41, 5.74) is 1.38. The molecule has 0 radical (unpaired) electrons. The summed E-state index contributed by atoms with van der Waals surface area (Å²) in [6.45, 7) is 7.84. The number of hydrogen-bond donors (Lipinski definition) is 3. The van der Waals surface area contributed by atoms with Crippen molar-refractivity contribution in [1.29, 1.82) is 0 Å². The lowest BCUT2D eigenvalue weighted by Gasteiger charge is -2.63. The third kappa shape index (κ3) is 1.60. The molecule has 4 nitrogen and oxygen atoms in total. The zero-order valence-electron chi connectivity index (χ0n) is 14.8. The molecule has 0 bridgehead atoms. The lowest BCUT2D eigenvalue weighted by atomic mass is 9.45. The highest BCUT2D eigenvalue weighted by Gasteiger charge is 2.67. The molecule has 1 aromatic carbocycles. The zero-order valence-corrected chi connectivity index (χ0v) is 14.8. The fourth-order valence-electron chi connectivity index (χ4n) is 5.36. The van der Waals surface area contributed by atoms with Crippen LogP contribution < -0.4 is 0 Å². The Hall–Kier alpha value is -1.36. The van der Waals surface area contributed by atoms with Crippen LogP contribution in [0.25, 0.3) is 11.0 Å². The standard InChI is InChI=1S/C20H26O4/c1-11-12-5-7-20(23)18(2,3)16(21)10-17(22)19(20,4)14(12)9-15-13(11)6-8-24-15/h6,8-9,16-17,21-23H,5,7,10H2,1-4H3/t16-,17+,19+,20-/m1/s1. The van der Waals surface area contributed by atoms with Crippen molar-refractivity contribution in [3.8, 4) is 0 Å². The topological polar surface area (TPSA) is 73.8 Å². The molecule has 0 aliphatic heterocycles. The normalized spacial score (nSPS) is 38.0. The number of aryl methyl sites for hydroxylation is 1. The SMILES string of the molecule is Cc1c2c(cc3occc13)[C@@]1(C)[C@@H](O)C[C@@H](O)C(C)(C)[C@]1(O)CC2. The van der Waals surface area contributed by atoms with E-state index in [4.69, 9.17) is 4.42 Å². The lowest BCUT2D eigenvalue weighted by molar-refractivity contribution is -0.236. The molecule has 2 aromatic rings. The smallest absolute Gasteiger partial charge is 0.134 e. The molecule has 4 rings (SSSR count). The minimum Gasteiger partial charge on any atom is -0.464 e. The maximum Gasteiger partial charge on any atom is 0.134 e. The molecule has 4 heteroatoms. The zero-order chi connectivity index (χ0) is 17.5. The van der Waals surface area contributed by atoms with E-state index in [0.29, 0.717) is 6.42 Å². The van der Waals surface area contributed by atoms with Crippen LogP contribution in [-0.2, 0) is 11.8 Å². The third-order valence-corrected chi connectivity index (χ3v) is 7.32. The number of hydrogen-bond acceptors (Lipinski definition) is 4. The van der Waals surface area contributed by atoms with Gasteiger partial charge in [-0.3, -0.25) is 0 Å². The predicted molar refractivity (Wildman–Crippen MR) is 92.0 cm³/mol. The second-order valence-corrected chi connectivity index (χ2v) is 8.41. The van der Waals surface area contributed by atoms with Gasteiger partial charge in [-0.05, 0) is 48.6 Å². The fraction of sp³-hybridized carbons (Fsp3) is 0.600. The lowest BCUT2D eigenvalue weighted by Crippen LogP contribution is -2.72. The van der Waals surface area contributed by atoms with Crippen molar-refractivity contribution in [3.05, 3.63) is 35.1 Å². The quantitative estimate of drug-likeness (QED) is 0.694. The maximum atomic E-state index is 11.7. The van der Waals surface area contributed by atoms with E-state index in [9.17, 15) is 15.3 Å². The number of aliphatic hydroxyl groups excluding tert-OH is 2. The van der Waals surface area contributed by atoms with Gasteiger partial charge < -0.3 is 19.7 Å². The first-order chi connectivity index (χ1) is 11.1. The molecule has 0 spiro atoms. The van der Waals surface area contributed by atoms with Crippen LogP contribution in [0, 0.1) is 12.3 Å². The van der Waals surface area contributed by atoms with E-state index < -0.39 is 28.6 Å². The second kappa shape index (κ2) is 4.63. The van der Waals surface area contributed by atoms with Gasteiger partial charge >= 0.3 is 0 Å². The highest BCUT2D eigenvalue weighted by atomic mass is 16.3. The molecule has 2 aliphatic carbocycles. The summed E-state index contributed by atoms with van der Waals surface area (Å²) in [6, 6.07) is 3.96. The van der Waals surface area contributed by atoms with E-state index in [0.717, 1.165) is 28.5 Å². The number of fused-ring (bicyclic) bond motifs is 4. The van der Waals surface area contributed by atoms with Crippen LogP contribution in [0.1, 0.15) is 50.3 Å². The summed E-state index contributed by atoms with van der Waals surface area (Å²) in [5.74, 6) is 0. The van der Waals surface area contributed by atoms with Gasteiger partial charge in [0.25, 0.3) is 0 Å². The van der Waals surface area contributed by atoms with Gasteiger partial charge in [0.15, 0.2) is 0 Å². The number of benzene rings is 1. The molecule has 3 N–H and O–H groups in total. The van der Waals surface area contributed by atoms with E-state index in [1.165, 1.54) is 5.56 Å². The molecule has 4 atom stereocenters. The summed E-state index contributed by atoms with van der Waals surface area (Å²) >= 11 is 0. The van der Waals surface area contributed by atoms with Crippen molar-refractivity contribution < 1.29 is 19.7 Å². The monoisotopic (exact) mass is 330 g/mol. The summed E-state index contributed by atoms with van der Waals surface area (Å²) in [5, 5.41) is 34.3. The Labute approximate surface area is 142 Å². The van der Waals surface area contributed by atoms with Gasteiger partial charge in [-0.1, -0.05) is 20.8 Å². The van der Waals surface area contributed by atoms with Gasteiger partial charge in [0.2, 0.25) is 0 Å². The molecule has 24 heavy (non-hydrogen) atoms. The molecule has 0 amide bonds. The van der Waals surface area contributed by atoms with Gasteiger partial charge in [-0.2, -0.15) is 0 Å². The predicted octanol–water partition coefficient (Wildman–Crippen LogP) is 2.83. The number of furan rings is 1. The molecule has 1 heterocycles. The number of aliphatic hydroxyl groups is 3. The van der Waals surface area contributed by atoms with Gasteiger partial charge in [0, 0.05) is 22.6 Å². The molecule has 0 saturated heterocycles. The highest BCUT2D eigenvalue weighted by molar-refractivity contribution is 5.84.